The number of hydrogen-bond donors (Lipinski definition) is 0. The van der Waals surface area contributed by atoms with Crippen molar-refractivity contribution in [2.24, 2.45) is 0 Å². The van der Waals surface area contributed by atoms with Gasteiger partial charge in [-0.1, -0.05) is 27.7 Å². The first kappa shape index (κ1) is 20.8. The van der Waals surface area contributed by atoms with E-state index >= 15 is 0 Å². The van der Waals surface area contributed by atoms with Gasteiger partial charge in [-0.05, 0) is 25.7 Å². The van der Waals surface area contributed by atoms with Gasteiger partial charge in [-0.2, -0.15) is 0 Å². The van der Waals surface area contributed by atoms with Crippen LogP contribution in [0.1, 0.15) is 53.4 Å². The molecule has 0 rings (SSSR count). The fourth-order valence-corrected chi connectivity index (χ4v) is 2.57. The van der Waals surface area contributed by atoms with Crippen LogP contribution in [0.15, 0.2) is 0 Å². The van der Waals surface area contributed by atoms with Gasteiger partial charge in [0.15, 0.2) is 0 Å². The molecule has 0 aromatic rings. The normalized spacial score (nSPS) is 10.4. The minimum atomic E-state index is 0. The molecule has 0 aromatic heterocycles. The second-order valence-corrected chi connectivity index (χ2v) is 4.24. The number of rotatable bonds is 8. The fraction of sp³-hybridized carbons (Fsp3) is 1.00. The molecule has 0 fully saturated rings. The van der Waals surface area contributed by atoms with Gasteiger partial charge in [-0.3, -0.25) is 0 Å². The predicted octanol–water partition coefficient (Wildman–Crippen LogP) is 3.20. The van der Waals surface area contributed by atoms with Crippen molar-refractivity contribution in [3.05, 3.63) is 0 Å². The number of nitrogens with zero attached hydrogens (tertiary/aromatic N) is 1. The number of halogens is 1. The van der Waals surface area contributed by atoms with Crippen LogP contribution in [0.5, 0.6) is 0 Å². The van der Waals surface area contributed by atoms with Crippen LogP contribution in [0.4, 0.5) is 0 Å². The standard InChI is InChI=1S/C12H28N.BrH.H2O/c1-5-9-13(10-6-2,11-7-3)12-8-4;;/h5-12H2,1-4H3;1H;1H2/q+1;;. The molecule has 2 nitrogen and oxygen atoms in total. The average Bonchev–Trinajstić information content (AvgIpc) is 2.06. The second kappa shape index (κ2) is 12.5. The summed E-state index contributed by atoms with van der Waals surface area (Å²) >= 11 is 0. The highest BCUT2D eigenvalue weighted by atomic mass is 79.9. The minimum Gasteiger partial charge on any atom is -0.412 e. The molecule has 3 heteroatoms. The van der Waals surface area contributed by atoms with Crippen LogP contribution in [0, 0.1) is 0 Å². The van der Waals surface area contributed by atoms with Crippen molar-refractivity contribution in [3.63, 3.8) is 0 Å². The smallest absolute Gasteiger partial charge is 0.0783 e. The molecule has 0 radical (unpaired) electrons. The molecule has 0 aliphatic heterocycles. The Morgan fingerprint density at radius 1 is 0.600 bits per heavy atom. The van der Waals surface area contributed by atoms with Gasteiger partial charge in [0.05, 0.1) is 26.2 Å². The molecule has 0 aliphatic carbocycles. The van der Waals surface area contributed by atoms with Crippen LogP contribution in [0.25, 0.3) is 0 Å². The van der Waals surface area contributed by atoms with E-state index in [9.17, 15) is 0 Å². The summed E-state index contributed by atoms with van der Waals surface area (Å²) in [5.41, 5.74) is 0. The maximum atomic E-state index is 2.31. The summed E-state index contributed by atoms with van der Waals surface area (Å²) in [5, 5.41) is 0. The molecule has 0 bridgehead atoms. The summed E-state index contributed by atoms with van der Waals surface area (Å²) in [4.78, 5) is 0. The lowest BCUT2D eigenvalue weighted by Crippen LogP contribution is -2.50. The van der Waals surface area contributed by atoms with Crippen LogP contribution in [0.3, 0.4) is 0 Å². The van der Waals surface area contributed by atoms with Crippen molar-refractivity contribution in [1.82, 2.24) is 0 Å². The summed E-state index contributed by atoms with van der Waals surface area (Å²) in [5.74, 6) is 0. The molecule has 0 atom stereocenters. The monoisotopic (exact) mass is 284 g/mol. The van der Waals surface area contributed by atoms with E-state index < -0.39 is 0 Å². The topological polar surface area (TPSA) is 31.5 Å². The Hall–Kier alpha value is 0.400. The maximum Gasteiger partial charge on any atom is 0.0783 e. The third-order valence-corrected chi connectivity index (χ3v) is 2.79. The van der Waals surface area contributed by atoms with Crippen LogP contribution in [0.2, 0.25) is 0 Å². The van der Waals surface area contributed by atoms with Gasteiger partial charge in [-0.15, -0.1) is 17.0 Å². The number of quaternary nitrogens is 1. The van der Waals surface area contributed by atoms with Gasteiger partial charge in [0.25, 0.3) is 0 Å². The van der Waals surface area contributed by atoms with E-state index in [-0.39, 0.29) is 22.5 Å². The molecule has 0 saturated carbocycles. The first-order valence-corrected chi connectivity index (χ1v) is 6.09. The summed E-state index contributed by atoms with van der Waals surface area (Å²) in [7, 11) is 0. The molecule has 0 amide bonds. The van der Waals surface area contributed by atoms with Crippen LogP contribution in [-0.2, 0) is 0 Å². The van der Waals surface area contributed by atoms with Crippen molar-refractivity contribution >= 4 is 17.0 Å². The lowest BCUT2D eigenvalue weighted by atomic mass is 10.2. The minimum absolute atomic E-state index is 0. The average molecular weight is 285 g/mol. The van der Waals surface area contributed by atoms with E-state index in [1.165, 1.54) is 56.3 Å². The fourth-order valence-electron chi connectivity index (χ4n) is 2.57. The zero-order valence-corrected chi connectivity index (χ0v) is 12.7. The predicted molar refractivity (Wildman–Crippen MR) is 74.8 cm³/mol. The van der Waals surface area contributed by atoms with Crippen LogP contribution >= 0.6 is 17.0 Å². The van der Waals surface area contributed by atoms with Crippen molar-refractivity contribution < 1.29 is 9.96 Å². The van der Waals surface area contributed by atoms with Gasteiger partial charge < -0.3 is 9.96 Å². The summed E-state index contributed by atoms with van der Waals surface area (Å²) in [6, 6.07) is 0. The van der Waals surface area contributed by atoms with Gasteiger partial charge in [0.2, 0.25) is 0 Å². The Kier molecular flexibility index (Phi) is 17.3. The molecule has 15 heavy (non-hydrogen) atoms. The van der Waals surface area contributed by atoms with Gasteiger partial charge in [-0.25, -0.2) is 0 Å². The van der Waals surface area contributed by atoms with Crippen molar-refractivity contribution in [2.75, 3.05) is 26.2 Å². The van der Waals surface area contributed by atoms with Crippen molar-refractivity contribution in [3.8, 4) is 0 Å². The highest BCUT2D eigenvalue weighted by molar-refractivity contribution is 8.93. The summed E-state index contributed by atoms with van der Waals surface area (Å²) in [6.07, 6.45) is 5.33. The largest absolute Gasteiger partial charge is 0.412 e. The molecular formula is C12H31BrNO+. The van der Waals surface area contributed by atoms with E-state index in [1.54, 1.807) is 0 Å². The Balaban J connectivity index is -0.000000720. The van der Waals surface area contributed by atoms with Crippen LogP contribution < -0.4 is 0 Å². The zero-order valence-electron chi connectivity index (χ0n) is 11.0. The zero-order chi connectivity index (χ0) is 10.2. The molecular weight excluding hydrogens is 254 g/mol. The number of hydrogen-bond acceptors (Lipinski definition) is 0. The Labute approximate surface area is 107 Å². The molecule has 0 aliphatic rings. The third kappa shape index (κ3) is 8.23. The SMILES string of the molecule is Br.CCC[N+](CCC)(CCC)CCC.O. The molecule has 0 heterocycles. The molecule has 0 aromatic carbocycles. The van der Waals surface area contributed by atoms with E-state index in [4.69, 9.17) is 0 Å². The van der Waals surface area contributed by atoms with Gasteiger partial charge >= 0.3 is 0 Å². The van der Waals surface area contributed by atoms with E-state index in [1.807, 2.05) is 0 Å². The molecule has 0 saturated heterocycles. The highest BCUT2D eigenvalue weighted by Crippen LogP contribution is 2.12. The highest BCUT2D eigenvalue weighted by Gasteiger charge is 2.22. The second-order valence-electron chi connectivity index (χ2n) is 4.24. The van der Waals surface area contributed by atoms with Gasteiger partial charge in [0, 0.05) is 0 Å². The third-order valence-electron chi connectivity index (χ3n) is 2.79. The van der Waals surface area contributed by atoms with Crippen LogP contribution in [-0.4, -0.2) is 36.1 Å². The Bertz CT molecular complexity index is 90.7. The Morgan fingerprint density at radius 3 is 0.933 bits per heavy atom. The quantitative estimate of drug-likeness (QED) is 0.613. The maximum absolute atomic E-state index is 2.31. The molecule has 96 valence electrons. The van der Waals surface area contributed by atoms with E-state index in [0.29, 0.717) is 0 Å². The summed E-state index contributed by atoms with van der Waals surface area (Å²) in [6.45, 7) is 14.8. The molecule has 2 N–H and O–H groups in total. The van der Waals surface area contributed by atoms with Crippen molar-refractivity contribution in [2.45, 2.75) is 53.4 Å². The lowest BCUT2D eigenvalue weighted by molar-refractivity contribution is -0.928. The van der Waals surface area contributed by atoms with E-state index in [2.05, 4.69) is 27.7 Å². The molecule has 0 spiro atoms. The van der Waals surface area contributed by atoms with Crippen molar-refractivity contribution in [1.29, 1.82) is 0 Å². The van der Waals surface area contributed by atoms with Gasteiger partial charge in [0.1, 0.15) is 0 Å². The lowest BCUT2D eigenvalue weighted by Gasteiger charge is -2.38. The first-order valence-electron chi connectivity index (χ1n) is 6.09. The summed E-state index contributed by atoms with van der Waals surface area (Å²) < 4.78 is 1.38. The Morgan fingerprint density at radius 2 is 0.800 bits per heavy atom. The molecule has 0 unspecified atom stereocenters. The first-order chi connectivity index (χ1) is 6.24. The van der Waals surface area contributed by atoms with E-state index in [0.717, 1.165) is 0 Å².